The molecule has 29 heavy (non-hydrogen) atoms. The Morgan fingerprint density at radius 2 is 1.76 bits per heavy atom. The van der Waals surface area contributed by atoms with Crippen molar-refractivity contribution in [3.05, 3.63) is 23.8 Å². The number of carbonyl (C=O) groups excluding carboxylic acids is 1. The Hall–Kier alpha value is -2.57. The van der Waals surface area contributed by atoms with Crippen molar-refractivity contribution in [1.29, 1.82) is 10.8 Å². The van der Waals surface area contributed by atoms with Gasteiger partial charge in [-0.3, -0.25) is 20.2 Å². The van der Waals surface area contributed by atoms with E-state index in [9.17, 15) is 13.2 Å². The lowest BCUT2D eigenvalue weighted by molar-refractivity contribution is -0.134. The van der Waals surface area contributed by atoms with Gasteiger partial charge in [-0.1, -0.05) is 6.42 Å². The molecule has 0 amide bonds. The Balaban J connectivity index is 0. The molecule has 0 aliphatic heterocycles. The topological polar surface area (TPSA) is 202 Å². The molecule has 166 valence electrons. The van der Waals surface area contributed by atoms with Crippen LogP contribution < -0.4 is 26.3 Å². The molecule has 0 unspecified atom stereocenters. The van der Waals surface area contributed by atoms with Crippen molar-refractivity contribution in [2.45, 2.75) is 25.7 Å². The molecule has 8 N–H and O–H groups in total. The number of hydrogen-bond acceptors (Lipinski definition) is 7. The van der Waals surface area contributed by atoms with Crippen LogP contribution in [0.1, 0.15) is 31.2 Å². The number of esters is 1. The number of unbranched alkanes of at least 4 members (excludes halogenated alkanes) is 2. The van der Waals surface area contributed by atoms with E-state index >= 15 is 0 Å². The molecule has 0 aromatic heterocycles. The third-order valence-corrected chi connectivity index (χ3v) is 3.07. The lowest BCUT2D eigenvalue weighted by Crippen LogP contribution is -2.30. The van der Waals surface area contributed by atoms with Crippen LogP contribution in [0.15, 0.2) is 18.2 Å². The molecule has 0 bridgehead atoms. The van der Waals surface area contributed by atoms with Crippen molar-refractivity contribution < 1.29 is 27.2 Å². The van der Waals surface area contributed by atoms with Gasteiger partial charge in [-0.05, 0) is 31.0 Å². The van der Waals surface area contributed by atoms with Crippen LogP contribution in [-0.2, 0) is 14.9 Å². The number of amidine groups is 1. The number of methoxy groups -OCH3 is 1. The molecule has 0 saturated heterocycles. The number of nitrogen functional groups attached to an aromatic ring is 1. The first-order valence-electron chi connectivity index (χ1n) is 8.17. The van der Waals surface area contributed by atoms with E-state index in [0.29, 0.717) is 36.3 Å². The molecule has 0 spiro atoms. The highest BCUT2D eigenvalue weighted by Gasteiger charge is 2.11. The van der Waals surface area contributed by atoms with Crippen LogP contribution >= 0.6 is 12.4 Å². The first-order chi connectivity index (χ1) is 12.9. The van der Waals surface area contributed by atoms with Crippen molar-refractivity contribution >= 4 is 40.3 Å². The van der Waals surface area contributed by atoms with Gasteiger partial charge in [0, 0.05) is 18.5 Å². The van der Waals surface area contributed by atoms with Gasteiger partial charge < -0.3 is 26.3 Å². The first kappa shape index (κ1) is 28.6. The number of nitrogens with one attached hydrogen (secondary N) is 3. The van der Waals surface area contributed by atoms with Gasteiger partial charge in [-0.15, -0.1) is 12.4 Å². The number of guanidine groups is 1. The third kappa shape index (κ3) is 16.1. The maximum Gasteiger partial charge on any atom is 0.311 e. The highest BCUT2D eigenvalue weighted by molar-refractivity contribution is 7.85. The van der Waals surface area contributed by atoms with E-state index in [-0.39, 0.29) is 36.6 Å². The SMILES string of the molecule is COc1cc(C(=N)N)ccc1OC(=O)CCCCCNC(=N)N.CS(=O)(=O)O.Cl. The lowest BCUT2D eigenvalue weighted by atomic mass is 10.2. The molecule has 1 aromatic rings. The molecule has 1 rings (SSSR count). The van der Waals surface area contributed by atoms with Crippen molar-refractivity contribution in [1.82, 2.24) is 5.32 Å². The fourth-order valence-electron chi connectivity index (χ4n) is 1.89. The summed E-state index contributed by atoms with van der Waals surface area (Å²) in [6.45, 7) is 0.616. The van der Waals surface area contributed by atoms with Crippen LogP contribution in [0.4, 0.5) is 0 Å². The van der Waals surface area contributed by atoms with Crippen molar-refractivity contribution in [2.75, 3.05) is 19.9 Å². The van der Waals surface area contributed by atoms with Crippen molar-refractivity contribution in [3.8, 4) is 11.5 Å². The molecule has 0 heterocycles. The van der Waals surface area contributed by atoms with E-state index in [1.165, 1.54) is 7.11 Å². The number of ether oxygens (including phenoxy) is 2. The van der Waals surface area contributed by atoms with Gasteiger partial charge in [0.1, 0.15) is 5.84 Å². The average Bonchev–Trinajstić information content (AvgIpc) is 2.56. The van der Waals surface area contributed by atoms with E-state index in [2.05, 4.69) is 5.32 Å². The summed E-state index contributed by atoms with van der Waals surface area (Å²) in [5.74, 6) is 0.182. The quantitative estimate of drug-likeness (QED) is 0.0781. The predicted octanol–water partition coefficient (Wildman–Crippen LogP) is 0.854. The summed E-state index contributed by atoms with van der Waals surface area (Å²) in [5, 5.41) is 17.1. The fraction of sp³-hybridized carbons (Fsp3) is 0.438. The first-order valence-corrected chi connectivity index (χ1v) is 10.0. The monoisotopic (exact) mass is 453 g/mol. The number of rotatable bonds is 9. The van der Waals surface area contributed by atoms with E-state index < -0.39 is 10.1 Å². The molecule has 0 aliphatic rings. The molecule has 0 saturated carbocycles. The molecule has 0 atom stereocenters. The molecule has 0 aliphatic carbocycles. The maximum atomic E-state index is 11.8. The number of hydrogen-bond donors (Lipinski definition) is 6. The molecule has 0 radical (unpaired) electrons. The number of carbonyl (C=O) groups is 1. The predicted molar refractivity (Wildman–Crippen MR) is 113 cm³/mol. The van der Waals surface area contributed by atoms with E-state index in [0.717, 1.165) is 12.8 Å². The Morgan fingerprint density at radius 1 is 1.17 bits per heavy atom. The summed E-state index contributed by atoms with van der Waals surface area (Å²) in [6, 6.07) is 4.71. The molecule has 11 nitrogen and oxygen atoms in total. The average molecular weight is 454 g/mol. The highest BCUT2D eigenvalue weighted by atomic mass is 35.5. The Labute approximate surface area is 176 Å². The Bertz CT molecular complexity index is 780. The van der Waals surface area contributed by atoms with Crippen LogP contribution in [0, 0.1) is 10.8 Å². The van der Waals surface area contributed by atoms with Crippen LogP contribution in [-0.4, -0.2) is 50.6 Å². The van der Waals surface area contributed by atoms with Crippen LogP contribution in [0.2, 0.25) is 0 Å². The fourth-order valence-corrected chi connectivity index (χ4v) is 1.89. The summed E-state index contributed by atoms with van der Waals surface area (Å²) < 4.78 is 36.3. The summed E-state index contributed by atoms with van der Waals surface area (Å²) in [6.07, 6.45) is 3.34. The highest BCUT2D eigenvalue weighted by Crippen LogP contribution is 2.28. The lowest BCUT2D eigenvalue weighted by Gasteiger charge is -2.10. The van der Waals surface area contributed by atoms with Gasteiger partial charge in [-0.25, -0.2) is 0 Å². The zero-order valence-electron chi connectivity index (χ0n) is 16.2. The minimum atomic E-state index is -3.67. The second-order valence-electron chi connectivity index (χ2n) is 5.64. The second-order valence-corrected chi connectivity index (χ2v) is 7.10. The summed E-state index contributed by atoms with van der Waals surface area (Å²) in [5.41, 5.74) is 11.1. The Kier molecular flexibility index (Phi) is 14.3. The molecular weight excluding hydrogens is 426 g/mol. The maximum absolute atomic E-state index is 11.8. The zero-order chi connectivity index (χ0) is 21.7. The number of halogens is 1. The minimum absolute atomic E-state index is 0. The molecule has 1 aromatic carbocycles. The van der Waals surface area contributed by atoms with Crippen LogP contribution in [0.25, 0.3) is 0 Å². The summed E-state index contributed by atoms with van der Waals surface area (Å²) in [7, 11) is -2.21. The van der Waals surface area contributed by atoms with Crippen LogP contribution in [0.5, 0.6) is 11.5 Å². The smallest absolute Gasteiger partial charge is 0.311 e. The standard InChI is InChI=1S/C15H23N5O3.CH4O3S.ClH/c1-22-12-9-10(14(16)17)6-7-11(12)23-13(21)5-3-2-4-8-20-15(18)19;1-5(2,3)4;/h6-7,9H,2-5,8H2,1H3,(H3,16,17)(H4,18,19,20);1H3,(H,2,3,4);1H. The molecule has 13 heteroatoms. The van der Waals surface area contributed by atoms with Gasteiger partial charge >= 0.3 is 5.97 Å². The van der Waals surface area contributed by atoms with E-state index in [1.807, 2.05) is 0 Å². The van der Waals surface area contributed by atoms with Gasteiger partial charge in [-0.2, -0.15) is 8.42 Å². The third-order valence-electron chi connectivity index (χ3n) is 3.07. The Morgan fingerprint density at radius 3 is 2.24 bits per heavy atom. The van der Waals surface area contributed by atoms with Gasteiger partial charge in [0.15, 0.2) is 17.5 Å². The zero-order valence-corrected chi connectivity index (χ0v) is 17.9. The molecule has 0 fully saturated rings. The van der Waals surface area contributed by atoms with Gasteiger partial charge in [0.05, 0.1) is 13.4 Å². The summed E-state index contributed by atoms with van der Waals surface area (Å²) in [4.78, 5) is 11.8. The number of benzene rings is 1. The number of nitrogens with two attached hydrogens (primary N) is 2. The van der Waals surface area contributed by atoms with Crippen molar-refractivity contribution in [2.24, 2.45) is 11.5 Å². The van der Waals surface area contributed by atoms with Gasteiger partial charge in [0.25, 0.3) is 10.1 Å². The van der Waals surface area contributed by atoms with E-state index in [1.54, 1.807) is 18.2 Å². The minimum Gasteiger partial charge on any atom is -0.493 e. The van der Waals surface area contributed by atoms with E-state index in [4.69, 9.17) is 36.3 Å². The molecular formula is C16H28ClN5O6S. The largest absolute Gasteiger partial charge is 0.493 e. The normalized spacial score (nSPS) is 9.90. The second kappa shape index (κ2) is 14.4. The summed E-state index contributed by atoms with van der Waals surface area (Å²) >= 11 is 0. The van der Waals surface area contributed by atoms with Gasteiger partial charge in [0.2, 0.25) is 0 Å². The van der Waals surface area contributed by atoms with Crippen molar-refractivity contribution in [3.63, 3.8) is 0 Å². The van der Waals surface area contributed by atoms with Crippen LogP contribution in [0.3, 0.4) is 0 Å².